The molecule has 0 aliphatic carbocycles. The average Bonchev–Trinajstić information content (AvgIpc) is 2.55. The molecule has 122 valence electrons. The first-order chi connectivity index (χ1) is 11.1. The standard InChI is InChI=1S/C17H23N5O/c1-13(2)9-14-10-16(20-12-19-14)22-7-5-21(6-8-22)15-3-4-17(23)18-11-15/h3-4,10-13H,5-9H2,1-2H3,(H,18,23). The third-order valence-electron chi connectivity index (χ3n) is 4.06. The molecule has 3 heterocycles. The Labute approximate surface area is 136 Å². The zero-order valence-corrected chi connectivity index (χ0v) is 13.7. The predicted octanol–water partition coefficient (Wildman–Crippen LogP) is 1.69. The Morgan fingerprint density at radius 2 is 1.87 bits per heavy atom. The summed E-state index contributed by atoms with van der Waals surface area (Å²) in [4.78, 5) is 27.3. The summed E-state index contributed by atoms with van der Waals surface area (Å²) in [6.45, 7) is 8.05. The van der Waals surface area contributed by atoms with Gasteiger partial charge in [0.2, 0.25) is 5.56 Å². The van der Waals surface area contributed by atoms with Crippen LogP contribution in [0.15, 0.2) is 35.5 Å². The van der Waals surface area contributed by atoms with E-state index in [9.17, 15) is 4.79 Å². The molecule has 3 rings (SSSR count). The topological polar surface area (TPSA) is 65.1 Å². The first-order valence-corrected chi connectivity index (χ1v) is 8.11. The van der Waals surface area contributed by atoms with Crippen molar-refractivity contribution < 1.29 is 0 Å². The van der Waals surface area contributed by atoms with Crippen LogP contribution in [0, 0.1) is 5.92 Å². The number of rotatable bonds is 4. The van der Waals surface area contributed by atoms with Gasteiger partial charge in [0, 0.05) is 50.2 Å². The number of aromatic amines is 1. The second kappa shape index (κ2) is 6.81. The molecule has 1 saturated heterocycles. The molecule has 1 aliphatic rings. The van der Waals surface area contributed by atoms with Crippen molar-refractivity contribution in [3.8, 4) is 0 Å². The molecule has 0 saturated carbocycles. The van der Waals surface area contributed by atoms with E-state index in [1.54, 1.807) is 18.6 Å². The highest BCUT2D eigenvalue weighted by molar-refractivity contribution is 5.47. The minimum absolute atomic E-state index is 0.0638. The van der Waals surface area contributed by atoms with Gasteiger partial charge in [0.1, 0.15) is 12.1 Å². The number of piperazine rings is 1. The third-order valence-corrected chi connectivity index (χ3v) is 4.06. The van der Waals surface area contributed by atoms with Gasteiger partial charge in [-0.05, 0) is 18.4 Å². The molecular weight excluding hydrogens is 290 g/mol. The van der Waals surface area contributed by atoms with Crippen molar-refractivity contribution in [1.29, 1.82) is 0 Å². The zero-order chi connectivity index (χ0) is 16.2. The molecule has 0 aromatic carbocycles. The van der Waals surface area contributed by atoms with Gasteiger partial charge in [0.05, 0.1) is 5.69 Å². The van der Waals surface area contributed by atoms with Crippen molar-refractivity contribution in [1.82, 2.24) is 15.0 Å². The second-order valence-corrected chi connectivity index (χ2v) is 6.35. The van der Waals surface area contributed by atoms with Crippen LogP contribution in [-0.2, 0) is 6.42 Å². The quantitative estimate of drug-likeness (QED) is 0.930. The van der Waals surface area contributed by atoms with Crippen LogP contribution in [0.25, 0.3) is 0 Å². The van der Waals surface area contributed by atoms with Gasteiger partial charge in [0.15, 0.2) is 0 Å². The maximum Gasteiger partial charge on any atom is 0.248 e. The Kier molecular flexibility index (Phi) is 4.60. The summed E-state index contributed by atoms with van der Waals surface area (Å²) >= 11 is 0. The van der Waals surface area contributed by atoms with Crippen molar-refractivity contribution >= 4 is 11.5 Å². The Hall–Kier alpha value is -2.37. The number of nitrogens with zero attached hydrogens (tertiary/aromatic N) is 4. The van der Waals surface area contributed by atoms with E-state index in [1.165, 1.54) is 0 Å². The van der Waals surface area contributed by atoms with E-state index >= 15 is 0 Å². The van der Waals surface area contributed by atoms with E-state index < -0.39 is 0 Å². The number of pyridine rings is 1. The molecule has 0 amide bonds. The lowest BCUT2D eigenvalue weighted by Gasteiger charge is -2.36. The molecule has 0 spiro atoms. The number of hydrogen-bond donors (Lipinski definition) is 1. The largest absolute Gasteiger partial charge is 0.367 e. The van der Waals surface area contributed by atoms with E-state index in [2.05, 4.69) is 44.7 Å². The van der Waals surface area contributed by atoms with Crippen LogP contribution in [0.5, 0.6) is 0 Å². The molecule has 23 heavy (non-hydrogen) atoms. The molecule has 2 aromatic heterocycles. The highest BCUT2D eigenvalue weighted by atomic mass is 16.1. The molecule has 1 aliphatic heterocycles. The van der Waals surface area contributed by atoms with Crippen molar-refractivity contribution in [3.63, 3.8) is 0 Å². The van der Waals surface area contributed by atoms with Gasteiger partial charge in [-0.15, -0.1) is 0 Å². The zero-order valence-electron chi connectivity index (χ0n) is 13.7. The Morgan fingerprint density at radius 1 is 1.13 bits per heavy atom. The van der Waals surface area contributed by atoms with Crippen LogP contribution in [-0.4, -0.2) is 41.1 Å². The summed E-state index contributed by atoms with van der Waals surface area (Å²) < 4.78 is 0. The van der Waals surface area contributed by atoms with E-state index in [4.69, 9.17) is 0 Å². The van der Waals surface area contributed by atoms with E-state index in [0.29, 0.717) is 5.92 Å². The van der Waals surface area contributed by atoms with Gasteiger partial charge in [-0.25, -0.2) is 9.97 Å². The average molecular weight is 313 g/mol. The van der Waals surface area contributed by atoms with Crippen molar-refractivity contribution in [2.24, 2.45) is 5.92 Å². The molecule has 0 radical (unpaired) electrons. The summed E-state index contributed by atoms with van der Waals surface area (Å²) in [5.41, 5.74) is 2.10. The molecule has 1 N–H and O–H groups in total. The summed E-state index contributed by atoms with van der Waals surface area (Å²) in [6, 6.07) is 5.56. The SMILES string of the molecule is CC(C)Cc1cc(N2CCN(c3ccc(=O)[nH]c3)CC2)ncn1. The molecule has 0 unspecified atom stereocenters. The molecular formula is C17H23N5O. The van der Waals surface area contributed by atoms with Gasteiger partial charge in [-0.1, -0.05) is 13.8 Å². The highest BCUT2D eigenvalue weighted by Crippen LogP contribution is 2.18. The molecule has 6 nitrogen and oxygen atoms in total. The van der Waals surface area contributed by atoms with Gasteiger partial charge in [-0.2, -0.15) is 0 Å². The van der Waals surface area contributed by atoms with Gasteiger partial charge in [-0.3, -0.25) is 4.79 Å². The smallest absolute Gasteiger partial charge is 0.248 e. The summed E-state index contributed by atoms with van der Waals surface area (Å²) in [5, 5.41) is 0. The van der Waals surface area contributed by atoms with Crippen molar-refractivity contribution in [2.45, 2.75) is 20.3 Å². The van der Waals surface area contributed by atoms with Gasteiger partial charge >= 0.3 is 0 Å². The number of nitrogens with one attached hydrogen (secondary N) is 1. The summed E-state index contributed by atoms with van der Waals surface area (Å²) in [7, 11) is 0. The fourth-order valence-electron chi connectivity index (χ4n) is 2.88. The lowest BCUT2D eigenvalue weighted by Crippen LogP contribution is -2.47. The Morgan fingerprint density at radius 3 is 2.52 bits per heavy atom. The normalized spacial score (nSPS) is 15.3. The third kappa shape index (κ3) is 3.88. The van der Waals surface area contributed by atoms with Crippen LogP contribution >= 0.6 is 0 Å². The molecule has 6 heteroatoms. The molecule has 0 bridgehead atoms. The van der Waals surface area contributed by atoms with Gasteiger partial charge < -0.3 is 14.8 Å². The lowest BCUT2D eigenvalue weighted by atomic mass is 10.1. The number of hydrogen-bond acceptors (Lipinski definition) is 5. The fraction of sp³-hybridized carbons (Fsp3) is 0.471. The minimum atomic E-state index is -0.0638. The van der Waals surface area contributed by atoms with Crippen LogP contribution in [0.3, 0.4) is 0 Å². The highest BCUT2D eigenvalue weighted by Gasteiger charge is 2.19. The van der Waals surface area contributed by atoms with E-state index in [1.807, 2.05) is 6.07 Å². The Balaban J connectivity index is 1.64. The summed E-state index contributed by atoms with van der Waals surface area (Å²) in [6.07, 6.45) is 4.43. The van der Waals surface area contributed by atoms with Crippen LogP contribution < -0.4 is 15.4 Å². The maximum atomic E-state index is 11.2. The first kappa shape index (κ1) is 15.5. The first-order valence-electron chi connectivity index (χ1n) is 8.11. The molecule has 1 fully saturated rings. The molecule has 2 aromatic rings. The van der Waals surface area contributed by atoms with Crippen LogP contribution in [0.2, 0.25) is 0 Å². The van der Waals surface area contributed by atoms with Crippen LogP contribution in [0.1, 0.15) is 19.5 Å². The predicted molar refractivity (Wildman–Crippen MR) is 92.1 cm³/mol. The monoisotopic (exact) mass is 313 g/mol. The number of aromatic nitrogens is 3. The van der Waals surface area contributed by atoms with E-state index in [-0.39, 0.29) is 5.56 Å². The van der Waals surface area contributed by atoms with Crippen LogP contribution in [0.4, 0.5) is 11.5 Å². The lowest BCUT2D eigenvalue weighted by molar-refractivity contribution is 0.626. The van der Waals surface area contributed by atoms with E-state index in [0.717, 1.165) is 49.8 Å². The number of H-pyrrole nitrogens is 1. The van der Waals surface area contributed by atoms with Crippen molar-refractivity contribution in [2.75, 3.05) is 36.0 Å². The summed E-state index contributed by atoms with van der Waals surface area (Å²) in [5.74, 6) is 1.60. The second-order valence-electron chi connectivity index (χ2n) is 6.35. The minimum Gasteiger partial charge on any atom is -0.367 e. The fourth-order valence-corrected chi connectivity index (χ4v) is 2.88. The van der Waals surface area contributed by atoms with Crippen molar-refractivity contribution in [3.05, 3.63) is 46.8 Å². The maximum absolute atomic E-state index is 11.2. The Bertz CT molecular complexity index is 684. The molecule has 0 atom stereocenters. The van der Waals surface area contributed by atoms with Gasteiger partial charge in [0.25, 0.3) is 0 Å². The number of anilines is 2.